The van der Waals surface area contributed by atoms with E-state index in [-0.39, 0.29) is 11.4 Å². The lowest BCUT2D eigenvalue weighted by Gasteiger charge is -2.37. The standard InChI is InChI=1S/C14H30N4O/c1-14(2,3)16-7-6-13(19)15-10-12-11-17(4)8-9-18(12)5/h12,16H,6-11H2,1-5H3,(H,15,19). The molecule has 0 radical (unpaired) electrons. The summed E-state index contributed by atoms with van der Waals surface area (Å²) in [5.41, 5.74) is 0.0760. The predicted molar refractivity (Wildman–Crippen MR) is 79.3 cm³/mol. The van der Waals surface area contributed by atoms with E-state index in [2.05, 4.69) is 55.3 Å². The van der Waals surface area contributed by atoms with Crippen LogP contribution in [0.3, 0.4) is 0 Å². The van der Waals surface area contributed by atoms with Crippen molar-refractivity contribution in [3.05, 3.63) is 0 Å². The second-order valence-corrected chi connectivity index (χ2v) is 6.63. The highest BCUT2D eigenvalue weighted by atomic mass is 16.1. The zero-order chi connectivity index (χ0) is 14.5. The number of carbonyl (C=O) groups excluding carboxylic acids is 1. The third-order valence-electron chi connectivity index (χ3n) is 3.52. The number of nitrogens with zero attached hydrogens (tertiary/aromatic N) is 2. The van der Waals surface area contributed by atoms with E-state index in [9.17, 15) is 4.79 Å². The highest BCUT2D eigenvalue weighted by Gasteiger charge is 2.22. The zero-order valence-corrected chi connectivity index (χ0v) is 13.1. The van der Waals surface area contributed by atoms with Crippen LogP contribution in [-0.4, -0.2) is 74.1 Å². The first-order valence-corrected chi connectivity index (χ1v) is 7.18. The van der Waals surface area contributed by atoms with Crippen LogP contribution in [0.25, 0.3) is 0 Å². The maximum absolute atomic E-state index is 11.8. The van der Waals surface area contributed by atoms with Crippen molar-refractivity contribution < 1.29 is 4.79 Å². The van der Waals surface area contributed by atoms with Gasteiger partial charge in [-0.05, 0) is 34.9 Å². The SMILES string of the molecule is CN1CCN(C)C(CNC(=O)CCNC(C)(C)C)C1. The highest BCUT2D eigenvalue weighted by molar-refractivity contribution is 5.76. The molecule has 1 aliphatic rings. The molecule has 0 aliphatic carbocycles. The summed E-state index contributed by atoms with van der Waals surface area (Å²) in [4.78, 5) is 16.4. The molecule has 1 rings (SSSR count). The topological polar surface area (TPSA) is 47.6 Å². The van der Waals surface area contributed by atoms with E-state index in [4.69, 9.17) is 0 Å². The summed E-state index contributed by atoms with van der Waals surface area (Å²) in [7, 11) is 4.26. The molecule has 112 valence electrons. The fourth-order valence-corrected chi connectivity index (χ4v) is 2.19. The molecule has 0 spiro atoms. The van der Waals surface area contributed by atoms with Crippen LogP contribution in [0.2, 0.25) is 0 Å². The normalized spacial score (nSPS) is 22.5. The van der Waals surface area contributed by atoms with Crippen molar-refractivity contribution in [2.75, 3.05) is 46.8 Å². The molecule has 5 heteroatoms. The Bertz CT molecular complexity index is 288. The molecule has 1 unspecified atom stereocenters. The van der Waals surface area contributed by atoms with Crippen molar-refractivity contribution in [2.45, 2.75) is 38.8 Å². The van der Waals surface area contributed by atoms with Crippen molar-refractivity contribution in [1.29, 1.82) is 0 Å². The van der Waals surface area contributed by atoms with Crippen LogP contribution in [0.4, 0.5) is 0 Å². The van der Waals surface area contributed by atoms with Crippen LogP contribution in [0, 0.1) is 0 Å². The fourth-order valence-electron chi connectivity index (χ4n) is 2.19. The van der Waals surface area contributed by atoms with Crippen LogP contribution in [-0.2, 0) is 4.79 Å². The fraction of sp³-hybridized carbons (Fsp3) is 0.929. The zero-order valence-electron chi connectivity index (χ0n) is 13.1. The summed E-state index contributed by atoms with van der Waals surface area (Å²) in [5, 5.41) is 6.37. The lowest BCUT2D eigenvalue weighted by Crippen LogP contribution is -2.54. The number of nitrogens with one attached hydrogen (secondary N) is 2. The van der Waals surface area contributed by atoms with Gasteiger partial charge >= 0.3 is 0 Å². The van der Waals surface area contributed by atoms with Gasteiger partial charge in [-0.1, -0.05) is 0 Å². The van der Waals surface area contributed by atoms with Gasteiger partial charge in [0.1, 0.15) is 0 Å². The molecule has 2 N–H and O–H groups in total. The summed E-state index contributed by atoms with van der Waals surface area (Å²) in [6.07, 6.45) is 0.545. The molecular formula is C14H30N4O. The number of carbonyl (C=O) groups is 1. The predicted octanol–water partition coefficient (Wildman–Crippen LogP) is 0.127. The average molecular weight is 270 g/mol. The largest absolute Gasteiger partial charge is 0.354 e. The minimum atomic E-state index is 0.0760. The van der Waals surface area contributed by atoms with Crippen LogP contribution >= 0.6 is 0 Å². The number of likely N-dealkylation sites (N-methyl/N-ethyl adjacent to an activating group) is 2. The Morgan fingerprint density at radius 1 is 1.26 bits per heavy atom. The van der Waals surface area contributed by atoms with Gasteiger partial charge in [0.05, 0.1) is 0 Å². The second-order valence-electron chi connectivity index (χ2n) is 6.63. The smallest absolute Gasteiger partial charge is 0.221 e. The number of piperazine rings is 1. The number of hydrogen-bond donors (Lipinski definition) is 2. The quantitative estimate of drug-likeness (QED) is 0.745. The van der Waals surface area contributed by atoms with E-state index in [1.54, 1.807) is 0 Å². The van der Waals surface area contributed by atoms with E-state index in [1.165, 1.54) is 0 Å². The Morgan fingerprint density at radius 3 is 2.58 bits per heavy atom. The molecule has 1 amide bonds. The molecule has 1 aliphatic heterocycles. The van der Waals surface area contributed by atoms with E-state index < -0.39 is 0 Å². The van der Waals surface area contributed by atoms with Crippen molar-refractivity contribution in [3.63, 3.8) is 0 Å². The minimum absolute atomic E-state index is 0.0760. The number of amides is 1. The summed E-state index contributed by atoms with van der Waals surface area (Å²) in [6, 6.07) is 0.429. The number of rotatable bonds is 5. The van der Waals surface area contributed by atoms with Gasteiger partial charge in [0.25, 0.3) is 0 Å². The molecule has 0 aromatic heterocycles. The Kier molecular flexibility index (Phi) is 6.23. The third kappa shape index (κ3) is 6.89. The van der Waals surface area contributed by atoms with Crippen molar-refractivity contribution in [2.24, 2.45) is 0 Å². The molecule has 0 bridgehead atoms. The molecule has 19 heavy (non-hydrogen) atoms. The Labute approximate surface area is 117 Å². The molecule has 1 saturated heterocycles. The van der Waals surface area contributed by atoms with Crippen molar-refractivity contribution in [1.82, 2.24) is 20.4 Å². The van der Waals surface area contributed by atoms with Gasteiger partial charge in [0, 0.05) is 50.7 Å². The van der Waals surface area contributed by atoms with Gasteiger partial charge in [0.2, 0.25) is 5.91 Å². The van der Waals surface area contributed by atoms with Gasteiger partial charge < -0.3 is 15.5 Å². The van der Waals surface area contributed by atoms with Crippen molar-refractivity contribution >= 4 is 5.91 Å². The lowest BCUT2D eigenvalue weighted by atomic mass is 10.1. The molecule has 1 fully saturated rings. The second kappa shape index (κ2) is 7.22. The molecule has 0 saturated carbocycles. The van der Waals surface area contributed by atoms with Gasteiger partial charge in [-0.15, -0.1) is 0 Å². The molecule has 1 heterocycles. The van der Waals surface area contributed by atoms with Gasteiger partial charge in [-0.25, -0.2) is 0 Å². The Balaban J connectivity index is 2.19. The summed E-state index contributed by atoms with van der Waals surface area (Å²) in [6.45, 7) is 11.0. The summed E-state index contributed by atoms with van der Waals surface area (Å²) < 4.78 is 0. The Hall–Kier alpha value is -0.650. The van der Waals surface area contributed by atoms with Crippen LogP contribution in [0.15, 0.2) is 0 Å². The average Bonchev–Trinajstić information content (AvgIpc) is 2.28. The summed E-state index contributed by atoms with van der Waals surface area (Å²) in [5.74, 6) is 0.137. The molecular weight excluding hydrogens is 240 g/mol. The summed E-state index contributed by atoms with van der Waals surface area (Å²) >= 11 is 0. The molecule has 0 aromatic carbocycles. The first-order chi connectivity index (χ1) is 8.78. The monoisotopic (exact) mass is 270 g/mol. The Morgan fingerprint density at radius 2 is 1.95 bits per heavy atom. The minimum Gasteiger partial charge on any atom is -0.354 e. The maximum atomic E-state index is 11.8. The lowest BCUT2D eigenvalue weighted by molar-refractivity contribution is -0.121. The van der Waals surface area contributed by atoms with E-state index >= 15 is 0 Å². The van der Waals surface area contributed by atoms with Gasteiger partial charge in [0.15, 0.2) is 0 Å². The third-order valence-corrected chi connectivity index (χ3v) is 3.52. The first kappa shape index (κ1) is 16.4. The van der Waals surface area contributed by atoms with Crippen LogP contribution in [0.5, 0.6) is 0 Å². The molecule has 5 nitrogen and oxygen atoms in total. The van der Waals surface area contributed by atoms with E-state index in [0.29, 0.717) is 12.5 Å². The highest BCUT2D eigenvalue weighted by Crippen LogP contribution is 2.04. The van der Waals surface area contributed by atoms with Gasteiger partial charge in [-0.3, -0.25) is 9.69 Å². The van der Waals surface area contributed by atoms with Crippen LogP contribution in [0.1, 0.15) is 27.2 Å². The van der Waals surface area contributed by atoms with Crippen molar-refractivity contribution in [3.8, 4) is 0 Å². The molecule has 0 aromatic rings. The molecule has 1 atom stereocenters. The van der Waals surface area contributed by atoms with E-state index in [1.807, 2.05) is 0 Å². The maximum Gasteiger partial charge on any atom is 0.221 e. The van der Waals surface area contributed by atoms with E-state index in [0.717, 1.165) is 32.7 Å². The van der Waals surface area contributed by atoms with Crippen LogP contribution < -0.4 is 10.6 Å². The van der Waals surface area contributed by atoms with Gasteiger partial charge in [-0.2, -0.15) is 0 Å². The first-order valence-electron chi connectivity index (χ1n) is 7.18. The number of hydrogen-bond acceptors (Lipinski definition) is 4.